The van der Waals surface area contributed by atoms with E-state index in [2.05, 4.69) is 5.32 Å². The van der Waals surface area contributed by atoms with Gasteiger partial charge in [0.05, 0.1) is 24.4 Å². The van der Waals surface area contributed by atoms with Crippen molar-refractivity contribution < 1.29 is 19.1 Å². The van der Waals surface area contributed by atoms with Crippen LogP contribution in [0.2, 0.25) is 0 Å². The Morgan fingerprint density at radius 1 is 1.42 bits per heavy atom. The van der Waals surface area contributed by atoms with Crippen LogP contribution < -0.4 is 10.1 Å². The third kappa shape index (κ3) is 2.66. The van der Waals surface area contributed by atoms with E-state index in [-0.39, 0.29) is 11.6 Å². The molecule has 2 N–H and O–H groups in total. The molecule has 0 amide bonds. The van der Waals surface area contributed by atoms with Gasteiger partial charge in [-0.1, -0.05) is 0 Å². The monoisotopic (exact) mass is 258 g/mol. The van der Waals surface area contributed by atoms with Gasteiger partial charge in [0.25, 0.3) is 0 Å². The van der Waals surface area contributed by atoms with E-state index >= 15 is 0 Å². The maximum Gasteiger partial charge on any atom is 0.371 e. The Morgan fingerprint density at radius 2 is 2.21 bits per heavy atom. The number of hydrogen-bond donors (Lipinski definition) is 2. The Morgan fingerprint density at radius 3 is 2.79 bits per heavy atom. The van der Waals surface area contributed by atoms with Gasteiger partial charge in [0.15, 0.2) is 5.88 Å². The van der Waals surface area contributed by atoms with Crippen molar-refractivity contribution in [2.45, 2.75) is 0 Å². The molecule has 6 nitrogen and oxygen atoms in total. The van der Waals surface area contributed by atoms with E-state index in [9.17, 15) is 4.79 Å². The number of benzene rings is 1. The number of carboxylic acid groups (broad SMARTS) is 1. The van der Waals surface area contributed by atoms with Crippen LogP contribution in [0.5, 0.6) is 5.75 Å². The van der Waals surface area contributed by atoms with Crippen molar-refractivity contribution in [3.63, 3.8) is 0 Å². The Labute approximate surface area is 108 Å². The van der Waals surface area contributed by atoms with Gasteiger partial charge < -0.3 is 19.6 Å². The molecule has 0 radical (unpaired) electrons. The zero-order valence-electron chi connectivity index (χ0n) is 10.0. The predicted octanol–water partition coefficient (Wildman–Crippen LogP) is 2.60. The molecule has 0 aliphatic rings. The summed E-state index contributed by atoms with van der Waals surface area (Å²) in [7, 11) is 1.48. The van der Waals surface area contributed by atoms with E-state index in [4.69, 9.17) is 19.5 Å². The van der Waals surface area contributed by atoms with E-state index in [1.54, 1.807) is 18.2 Å². The molecular weight excluding hydrogens is 248 g/mol. The van der Waals surface area contributed by atoms with Gasteiger partial charge in [-0.15, -0.1) is 0 Å². The number of carbonyl (C=O) groups is 1. The van der Waals surface area contributed by atoms with Crippen molar-refractivity contribution in [3.05, 3.63) is 41.7 Å². The maximum atomic E-state index is 10.7. The number of nitrogens with zero attached hydrogens (tertiary/aromatic N) is 1. The molecule has 0 fully saturated rings. The molecule has 1 aromatic carbocycles. The number of nitriles is 1. The topological polar surface area (TPSA) is 95.5 Å². The molecule has 0 unspecified atom stereocenters. The Kier molecular flexibility index (Phi) is 3.39. The quantitative estimate of drug-likeness (QED) is 0.875. The van der Waals surface area contributed by atoms with E-state index in [1.807, 2.05) is 6.07 Å². The van der Waals surface area contributed by atoms with Gasteiger partial charge in [0, 0.05) is 12.1 Å². The molecule has 19 heavy (non-hydrogen) atoms. The molecule has 1 heterocycles. The lowest BCUT2D eigenvalue weighted by Gasteiger charge is -2.09. The fourth-order valence-corrected chi connectivity index (χ4v) is 1.52. The van der Waals surface area contributed by atoms with Gasteiger partial charge in [-0.05, 0) is 18.2 Å². The van der Waals surface area contributed by atoms with Crippen molar-refractivity contribution in [2.75, 3.05) is 12.4 Å². The fraction of sp³-hybridized carbons (Fsp3) is 0.0769. The van der Waals surface area contributed by atoms with Crippen LogP contribution in [-0.4, -0.2) is 18.2 Å². The summed E-state index contributed by atoms with van der Waals surface area (Å²) in [4.78, 5) is 10.7. The first kappa shape index (κ1) is 12.5. The minimum atomic E-state index is -1.14. The van der Waals surface area contributed by atoms with Gasteiger partial charge in [0.2, 0.25) is 5.76 Å². The number of ether oxygens (including phenoxy) is 1. The number of nitrogens with one attached hydrogen (secondary N) is 1. The summed E-state index contributed by atoms with van der Waals surface area (Å²) in [5, 5.41) is 20.4. The highest BCUT2D eigenvalue weighted by Gasteiger charge is 2.11. The summed E-state index contributed by atoms with van der Waals surface area (Å²) in [6.07, 6.45) is 0. The molecule has 0 aliphatic heterocycles. The Bertz CT molecular complexity index is 655. The highest BCUT2D eigenvalue weighted by molar-refractivity contribution is 5.85. The number of anilines is 2. The van der Waals surface area contributed by atoms with E-state index < -0.39 is 5.97 Å². The van der Waals surface area contributed by atoms with Crippen LogP contribution in [0.4, 0.5) is 11.6 Å². The summed E-state index contributed by atoms with van der Waals surface area (Å²) in [6.45, 7) is 0. The van der Waals surface area contributed by atoms with E-state index in [0.29, 0.717) is 17.0 Å². The molecular formula is C13H10N2O4. The van der Waals surface area contributed by atoms with Crippen LogP contribution in [0.25, 0.3) is 0 Å². The van der Waals surface area contributed by atoms with Crippen molar-refractivity contribution in [1.29, 1.82) is 5.26 Å². The van der Waals surface area contributed by atoms with Crippen molar-refractivity contribution in [2.24, 2.45) is 0 Å². The first-order valence-corrected chi connectivity index (χ1v) is 5.32. The van der Waals surface area contributed by atoms with Crippen LogP contribution in [0.3, 0.4) is 0 Å². The number of aromatic carboxylic acids is 1. The number of furan rings is 1. The second-order valence-electron chi connectivity index (χ2n) is 3.62. The number of carboxylic acids is 1. The Hall–Kier alpha value is -2.94. The molecule has 0 saturated carbocycles. The third-order valence-electron chi connectivity index (χ3n) is 2.41. The fourth-order valence-electron chi connectivity index (χ4n) is 1.52. The lowest BCUT2D eigenvalue weighted by Crippen LogP contribution is -1.95. The molecule has 0 atom stereocenters. The largest absolute Gasteiger partial charge is 0.495 e. The van der Waals surface area contributed by atoms with Gasteiger partial charge in [-0.3, -0.25) is 0 Å². The summed E-state index contributed by atoms with van der Waals surface area (Å²) in [6, 6.07) is 9.69. The van der Waals surface area contributed by atoms with Crippen LogP contribution in [-0.2, 0) is 0 Å². The van der Waals surface area contributed by atoms with Crippen molar-refractivity contribution in [3.8, 4) is 11.8 Å². The minimum Gasteiger partial charge on any atom is -0.495 e. The molecule has 0 bridgehead atoms. The maximum absolute atomic E-state index is 10.7. The Balaban J connectivity index is 2.27. The average molecular weight is 258 g/mol. The smallest absolute Gasteiger partial charge is 0.371 e. The minimum absolute atomic E-state index is 0.157. The van der Waals surface area contributed by atoms with Gasteiger partial charge in [-0.2, -0.15) is 5.26 Å². The molecule has 0 aliphatic carbocycles. The molecule has 2 aromatic rings. The second kappa shape index (κ2) is 5.14. The van der Waals surface area contributed by atoms with Crippen LogP contribution >= 0.6 is 0 Å². The molecule has 1 aromatic heterocycles. The molecule has 0 saturated heterocycles. The summed E-state index contributed by atoms with van der Waals surface area (Å²) in [5.74, 6) is -0.553. The lowest BCUT2D eigenvalue weighted by atomic mass is 10.2. The third-order valence-corrected chi connectivity index (χ3v) is 2.41. The molecule has 96 valence electrons. The lowest BCUT2D eigenvalue weighted by molar-refractivity contribution is 0.0663. The van der Waals surface area contributed by atoms with Gasteiger partial charge in [0.1, 0.15) is 5.75 Å². The van der Waals surface area contributed by atoms with E-state index in [1.165, 1.54) is 19.2 Å². The van der Waals surface area contributed by atoms with Crippen LogP contribution in [0.1, 0.15) is 16.1 Å². The van der Waals surface area contributed by atoms with Gasteiger partial charge >= 0.3 is 5.97 Å². The van der Waals surface area contributed by atoms with Crippen molar-refractivity contribution >= 4 is 17.5 Å². The summed E-state index contributed by atoms with van der Waals surface area (Å²) in [5.41, 5.74) is 1.04. The number of hydrogen-bond acceptors (Lipinski definition) is 5. The predicted molar refractivity (Wildman–Crippen MR) is 66.7 cm³/mol. The molecule has 6 heteroatoms. The summed E-state index contributed by atoms with van der Waals surface area (Å²) < 4.78 is 10.2. The molecule has 2 rings (SSSR count). The molecule has 0 spiro atoms. The average Bonchev–Trinajstić information content (AvgIpc) is 2.88. The first-order chi connectivity index (χ1) is 9.13. The van der Waals surface area contributed by atoms with E-state index in [0.717, 1.165) is 0 Å². The normalized spacial score (nSPS) is 9.68. The standard InChI is InChI=1S/C13H10N2O4/c1-18-11-6-8(7-14)2-3-9(11)15-12-5-4-10(19-12)13(16)17/h2-6,15H,1H3,(H,16,17). The zero-order valence-corrected chi connectivity index (χ0v) is 10.0. The number of rotatable bonds is 4. The zero-order chi connectivity index (χ0) is 13.8. The SMILES string of the molecule is COc1cc(C#N)ccc1Nc1ccc(C(=O)O)o1. The highest BCUT2D eigenvalue weighted by Crippen LogP contribution is 2.29. The van der Waals surface area contributed by atoms with Crippen molar-refractivity contribution in [1.82, 2.24) is 0 Å². The van der Waals surface area contributed by atoms with Gasteiger partial charge in [-0.25, -0.2) is 4.79 Å². The first-order valence-electron chi connectivity index (χ1n) is 5.32. The number of methoxy groups -OCH3 is 1. The second-order valence-corrected chi connectivity index (χ2v) is 3.62. The summed E-state index contributed by atoms with van der Waals surface area (Å²) >= 11 is 0. The highest BCUT2D eigenvalue weighted by atomic mass is 16.5. The van der Waals surface area contributed by atoms with Crippen LogP contribution in [0, 0.1) is 11.3 Å². The van der Waals surface area contributed by atoms with Crippen LogP contribution in [0.15, 0.2) is 34.7 Å².